The lowest BCUT2D eigenvalue weighted by atomic mass is 9.72. The summed E-state index contributed by atoms with van der Waals surface area (Å²) in [5.41, 5.74) is 4.25. The number of hydrogen-bond acceptors (Lipinski definition) is 3. The molecule has 3 heteroatoms. The summed E-state index contributed by atoms with van der Waals surface area (Å²) >= 11 is 1.74. The van der Waals surface area contributed by atoms with E-state index in [1.54, 1.807) is 11.3 Å². The molecule has 0 saturated carbocycles. The van der Waals surface area contributed by atoms with Crippen LogP contribution < -0.4 is 5.32 Å². The zero-order valence-electron chi connectivity index (χ0n) is 10.8. The Labute approximate surface area is 112 Å². The lowest BCUT2D eigenvalue weighted by molar-refractivity contribution is 0.420. The lowest BCUT2D eigenvalue weighted by Gasteiger charge is -2.36. The van der Waals surface area contributed by atoms with Gasteiger partial charge in [0.2, 0.25) is 0 Å². The quantitative estimate of drug-likeness (QED) is 0.912. The van der Waals surface area contributed by atoms with Crippen LogP contribution in [0.25, 0.3) is 0 Å². The van der Waals surface area contributed by atoms with Crippen LogP contribution in [0.15, 0.2) is 29.6 Å². The van der Waals surface area contributed by atoms with E-state index in [-0.39, 0.29) is 0 Å². The zero-order valence-corrected chi connectivity index (χ0v) is 11.6. The molecule has 2 nitrogen and oxygen atoms in total. The number of hydrogen-bond donors (Lipinski definition) is 1. The molecule has 1 N–H and O–H groups in total. The Balaban J connectivity index is 1.75. The largest absolute Gasteiger partial charge is 0.316 e. The van der Waals surface area contributed by atoms with E-state index in [0.29, 0.717) is 12.0 Å². The van der Waals surface area contributed by atoms with Crippen LogP contribution in [0.2, 0.25) is 0 Å². The van der Waals surface area contributed by atoms with Gasteiger partial charge >= 0.3 is 0 Å². The standard InChI is InChI=1S/C15H18N2S/c1-10-17-12(9-18-10)8-15(16-2)14-7-11-5-3-4-6-13(11)14/h3-6,9,14-16H,7-8H2,1-2H3. The van der Waals surface area contributed by atoms with Crippen molar-refractivity contribution in [1.82, 2.24) is 10.3 Å². The highest BCUT2D eigenvalue weighted by Crippen LogP contribution is 2.38. The zero-order chi connectivity index (χ0) is 12.5. The van der Waals surface area contributed by atoms with E-state index in [1.165, 1.54) is 23.2 Å². The third kappa shape index (κ3) is 2.08. The van der Waals surface area contributed by atoms with Gasteiger partial charge in [0.25, 0.3) is 0 Å². The molecule has 2 atom stereocenters. The predicted molar refractivity (Wildman–Crippen MR) is 76.3 cm³/mol. The maximum atomic E-state index is 4.57. The van der Waals surface area contributed by atoms with E-state index < -0.39 is 0 Å². The summed E-state index contributed by atoms with van der Waals surface area (Å²) in [6.45, 7) is 2.07. The number of thiazole rings is 1. The van der Waals surface area contributed by atoms with Crippen LogP contribution in [0.5, 0.6) is 0 Å². The summed E-state index contributed by atoms with van der Waals surface area (Å²) in [6.07, 6.45) is 2.23. The molecule has 94 valence electrons. The first-order valence-corrected chi connectivity index (χ1v) is 7.32. The molecule has 2 aromatic rings. The Morgan fingerprint density at radius 1 is 1.44 bits per heavy atom. The molecular formula is C15H18N2S. The van der Waals surface area contributed by atoms with Crippen LogP contribution >= 0.6 is 11.3 Å². The van der Waals surface area contributed by atoms with Crippen molar-refractivity contribution >= 4 is 11.3 Å². The highest BCUT2D eigenvalue weighted by atomic mass is 32.1. The number of aryl methyl sites for hydroxylation is 1. The first kappa shape index (κ1) is 11.9. The number of nitrogens with zero attached hydrogens (tertiary/aromatic N) is 1. The molecule has 2 unspecified atom stereocenters. The molecule has 1 aliphatic carbocycles. The molecule has 0 amide bonds. The third-order valence-electron chi connectivity index (χ3n) is 3.85. The lowest BCUT2D eigenvalue weighted by Crippen LogP contribution is -2.39. The fourth-order valence-corrected chi connectivity index (χ4v) is 3.45. The van der Waals surface area contributed by atoms with Gasteiger partial charge in [0.1, 0.15) is 0 Å². The number of benzene rings is 1. The van der Waals surface area contributed by atoms with Gasteiger partial charge in [0.15, 0.2) is 0 Å². The molecule has 0 radical (unpaired) electrons. The predicted octanol–water partition coefficient (Wildman–Crippen LogP) is 2.92. The maximum Gasteiger partial charge on any atom is 0.0897 e. The second-order valence-corrected chi connectivity index (χ2v) is 6.03. The van der Waals surface area contributed by atoms with E-state index in [1.807, 2.05) is 0 Å². The molecule has 0 saturated heterocycles. The Morgan fingerprint density at radius 3 is 2.94 bits per heavy atom. The van der Waals surface area contributed by atoms with Gasteiger partial charge in [-0.3, -0.25) is 0 Å². The Hall–Kier alpha value is -1.19. The number of fused-ring (bicyclic) bond motifs is 1. The monoisotopic (exact) mass is 258 g/mol. The summed E-state index contributed by atoms with van der Waals surface area (Å²) in [5, 5.41) is 6.81. The molecule has 0 spiro atoms. The molecule has 1 aromatic heterocycles. The van der Waals surface area contributed by atoms with Gasteiger partial charge in [-0.05, 0) is 31.5 Å². The molecule has 18 heavy (non-hydrogen) atoms. The van der Waals surface area contributed by atoms with Gasteiger partial charge in [-0.15, -0.1) is 11.3 Å². The van der Waals surface area contributed by atoms with E-state index >= 15 is 0 Å². The molecule has 0 bridgehead atoms. The SMILES string of the molecule is CNC(Cc1csc(C)n1)C1Cc2ccccc21. The van der Waals surface area contributed by atoms with Crippen molar-refractivity contribution in [2.75, 3.05) is 7.05 Å². The van der Waals surface area contributed by atoms with Crippen molar-refractivity contribution in [3.8, 4) is 0 Å². The third-order valence-corrected chi connectivity index (χ3v) is 4.67. The average molecular weight is 258 g/mol. The molecular weight excluding hydrogens is 240 g/mol. The van der Waals surface area contributed by atoms with E-state index in [2.05, 4.69) is 53.9 Å². The van der Waals surface area contributed by atoms with Gasteiger partial charge in [0, 0.05) is 23.8 Å². The summed E-state index contributed by atoms with van der Waals surface area (Å²) in [7, 11) is 2.06. The van der Waals surface area contributed by atoms with Crippen LogP contribution in [-0.4, -0.2) is 18.1 Å². The van der Waals surface area contributed by atoms with Gasteiger partial charge < -0.3 is 5.32 Å². The number of nitrogens with one attached hydrogen (secondary N) is 1. The smallest absolute Gasteiger partial charge is 0.0897 e. The van der Waals surface area contributed by atoms with Crippen molar-refractivity contribution in [3.63, 3.8) is 0 Å². The summed E-state index contributed by atoms with van der Waals surface area (Å²) in [4.78, 5) is 4.57. The van der Waals surface area contributed by atoms with E-state index in [4.69, 9.17) is 0 Å². The van der Waals surface area contributed by atoms with E-state index in [9.17, 15) is 0 Å². The molecule has 1 aromatic carbocycles. The summed E-state index contributed by atoms with van der Waals surface area (Å²) in [5.74, 6) is 0.646. The average Bonchev–Trinajstić information content (AvgIpc) is 2.75. The van der Waals surface area contributed by atoms with Crippen LogP contribution in [0, 0.1) is 6.92 Å². The van der Waals surface area contributed by atoms with Crippen molar-refractivity contribution in [2.24, 2.45) is 0 Å². The minimum atomic E-state index is 0.501. The number of likely N-dealkylation sites (N-methyl/N-ethyl adjacent to an activating group) is 1. The van der Waals surface area contributed by atoms with E-state index in [0.717, 1.165) is 11.4 Å². The molecule has 1 heterocycles. The van der Waals surface area contributed by atoms with Crippen molar-refractivity contribution in [2.45, 2.75) is 31.7 Å². The molecule has 0 aliphatic heterocycles. The second kappa shape index (κ2) is 4.82. The van der Waals surface area contributed by atoms with Crippen LogP contribution in [0.3, 0.4) is 0 Å². The summed E-state index contributed by atoms with van der Waals surface area (Å²) < 4.78 is 0. The van der Waals surface area contributed by atoms with Crippen molar-refractivity contribution in [3.05, 3.63) is 51.5 Å². The molecule has 0 fully saturated rings. The Bertz CT molecular complexity index is 547. The van der Waals surface area contributed by atoms with Crippen LogP contribution in [0.4, 0.5) is 0 Å². The minimum Gasteiger partial charge on any atom is -0.316 e. The van der Waals surface area contributed by atoms with Gasteiger partial charge in [0.05, 0.1) is 10.7 Å². The van der Waals surface area contributed by atoms with Gasteiger partial charge in [-0.2, -0.15) is 0 Å². The Morgan fingerprint density at radius 2 is 2.28 bits per heavy atom. The fraction of sp³-hybridized carbons (Fsp3) is 0.400. The number of rotatable bonds is 4. The van der Waals surface area contributed by atoms with Crippen molar-refractivity contribution in [1.29, 1.82) is 0 Å². The molecule has 1 aliphatic rings. The Kier molecular flexibility index (Phi) is 3.18. The van der Waals surface area contributed by atoms with Gasteiger partial charge in [-0.1, -0.05) is 24.3 Å². The second-order valence-electron chi connectivity index (χ2n) is 4.97. The van der Waals surface area contributed by atoms with Crippen LogP contribution in [0.1, 0.15) is 27.7 Å². The minimum absolute atomic E-state index is 0.501. The van der Waals surface area contributed by atoms with Crippen LogP contribution in [-0.2, 0) is 12.8 Å². The molecule has 3 rings (SSSR count). The fourth-order valence-electron chi connectivity index (χ4n) is 2.83. The van der Waals surface area contributed by atoms with Gasteiger partial charge in [-0.25, -0.2) is 4.98 Å². The number of aromatic nitrogens is 1. The maximum absolute atomic E-state index is 4.57. The highest BCUT2D eigenvalue weighted by molar-refractivity contribution is 7.09. The summed E-state index contributed by atoms with van der Waals surface area (Å²) in [6, 6.07) is 9.28. The van der Waals surface area contributed by atoms with Crippen molar-refractivity contribution < 1.29 is 0 Å². The highest BCUT2D eigenvalue weighted by Gasteiger charge is 2.32. The first-order valence-electron chi connectivity index (χ1n) is 6.44. The topological polar surface area (TPSA) is 24.9 Å². The normalized spacial score (nSPS) is 19.1. The first-order chi connectivity index (χ1) is 8.78.